The predicted molar refractivity (Wildman–Crippen MR) is 98.0 cm³/mol. The first-order valence-corrected chi connectivity index (χ1v) is 8.62. The average molecular weight is 385 g/mol. The van der Waals surface area contributed by atoms with Crippen molar-refractivity contribution in [1.29, 1.82) is 0 Å². The lowest BCUT2D eigenvalue weighted by molar-refractivity contribution is -0.144. The summed E-state index contributed by atoms with van der Waals surface area (Å²) in [6.07, 6.45) is -0.667. The number of aliphatic hydroxyl groups is 1. The van der Waals surface area contributed by atoms with Crippen molar-refractivity contribution < 1.29 is 34.4 Å². The molecule has 8 nitrogen and oxygen atoms in total. The van der Waals surface area contributed by atoms with Crippen LogP contribution in [-0.2, 0) is 19.9 Å². The summed E-state index contributed by atoms with van der Waals surface area (Å²) in [5, 5.41) is 30.6. The van der Waals surface area contributed by atoms with Crippen molar-refractivity contribution in [1.82, 2.24) is 0 Å². The predicted octanol–water partition coefficient (Wildman–Crippen LogP) is 1.47. The molecule has 8 heteroatoms. The van der Waals surface area contributed by atoms with Gasteiger partial charge in [0.2, 0.25) is 0 Å². The maximum absolute atomic E-state index is 12.9. The number of hydrogen-bond donors (Lipinski definition) is 3. The molecule has 0 unspecified atom stereocenters. The number of rotatable bonds is 6. The van der Waals surface area contributed by atoms with Crippen LogP contribution in [0.4, 0.5) is 5.69 Å². The molecule has 0 aliphatic carbocycles. The van der Waals surface area contributed by atoms with Gasteiger partial charge in [0.05, 0.1) is 24.3 Å². The SMILES string of the molecule is CCOC(=O)CN1C(=O)[C@@](O)(CC(=O)c2cc(O)ccc2O)c2ccccc21. The molecule has 0 fully saturated rings. The highest BCUT2D eigenvalue weighted by Crippen LogP contribution is 2.43. The first-order valence-electron chi connectivity index (χ1n) is 8.62. The molecule has 0 radical (unpaired) electrons. The number of carbonyl (C=O) groups is 3. The molecule has 0 aromatic heterocycles. The number of phenols is 2. The summed E-state index contributed by atoms with van der Waals surface area (Å²) in [6, 6.07) is 9.69. The molecule has 146 valence electrons. The summed E-state index contributed by atoms with van der Waals surface area (Å²) < 4.78 is 4.87. The zero-order valence-electron chi connectivity index (χ0n) is 15.1. The minimum atomic E-state index is -2.21. The van der Waals surface area contributed by atoms with Gasteiger partial charge < -0.3 is 20.1 Å². The standard InChI is InChI=1S/C20H19NO7/c1-2-28-18(25)11-21-15-6-4-3-5-14(15)20(27,19(21)26)10-17(24)13-9-12(22)7-8-16(13)23/h3-9,22-23,27H,2,10-11H2,1H3/t20-/m1/s1. The third-order valence-electron chi connectivity index (χ3n) is 4.53. The van der Waals surface area contributed by atoms with Gasteiger partial charge in [-0.25, -0.2) is 0 Å². The van der Waals surface area contributed by atoms with Gasteiger partial charge in [-0.05, 0) is 31.2 Å². The van der Waals surface area contributed by atoms with Crippen LogP contribution >= 0.6 is 0 Å². The van der Waals surface area contributed by atoms with Gasteiger partial charge in [-0.1, -0.05) is 18.2 Å². The topological polar surface area (TPSA) is 124 Å². The molecule has 2 aromatic rings. The first kappa shape index (κ1) is 19.4. The van der Waals surface area contributed by atoms with Gasteiger partial charge in [0.1, 0.15) is 18.0 Å². The molecule has 1 heterocycles. The van der Waals surface area contributed by atoms with Crippen molar-refractivity contribution in [3.8, 4) is 11.5 Å². The van der Waals surface area contributed by atoms with Crippen LogP contribution < -0.4 is 4.90 Å². The fraction of sp³-hybridized carbons (Fsp3) is 0.250. The number of para-hydroxylation sites is 1. The van der Waals surface area contributed by atoms with E-state index in [4.69, 9.17) is 4.74 Å². The molecule has 3 rings (SSSR count). The summed E-state index contributed by atoms with van der Waals surface area (Å²) in [7, 11) is 0. The number of carbonyl (C=O) groups excluding carboxylic acids is 3. The molecule has 28 heavy (non-hydrogen) atoms. The summed E-state index contributed by atoms with van der Waals surface area (Å²) in [6.45, 7) is 1.37. The van der Waals surface area contributed by atoms with E-state index < -0.39 is 36.2 Å². The number of aromatic hydroxyl groups is 2. The lowest BCUT2D eigenvalue weighted by Gasteiger charge is -2.22. The Morgan fingerprint density at radius 2 is 1.86 bits per heavy atom. The van der Waals surface area contributed by atoms with Crippen molar-refractivity contribution >= 4 is 23.3 Å². The summed E-state index contributed by atoms with van der Waals surface area (Å²) >= 11 is 0. The largest absolute Gasteiger partial charge is 0.508 e. The summed E-state index contributed by atoms with van der Waals surface area (Å²) in [5.41, 5.74) is -1.95. The van der Waals surface area contributed by atoms with Crippen molar-refractivity contribution in [3.05, 3.63) is 53.6 Å². The number of fused-ring (bicyclic) bond motifs is 1. The van der Waals surface area contributed by atoms with Gasteiger partial charge in [-0.2, -0.15) is 0 Å². The van der Waals surface area contributed by atoms with Crippen molar-refractivity contribution in [2.24, 2.45) is 0 Å². The molecule has 1 aliphatic rings. The fourth-order valence-electron chi connectivity index (χ4n) is 3.25. The van der Waals surface area contributed by atoms with Crippen molar-refractivity contribution in [2.45, 2.75) is 18.9 Å². The quantitative estimate of drug-likeness (QED) is 0.391. The van der Waals surface area contributed by atoms with Crippen LogP contribution in [-0.4, -0.2) is 46.1 Å². The fourth-order valence-corrected chi connectivity index (χ4v) is 3.25. The Bertz CT molecular complexity index is 955. The van der Waals surface area contributed by atoms with Crippen LogP contribution in [0, 0.1) is 0 Å². The second-order valence-electron chi connectivity index (χ2n) is 6.38. The second kappa shape index (κ2) is 7.32. The van der Waals surface area contributed by atoms with E-state index in [0.717, 1.165) is 17.0 Å². The Morgan fingerprint density at radius 1 is 1.14 bits per heavy atom. The second-order valence-corrected chi connectivity index (χ2v) is 6.38. The van der Waals surface area contributed by atoms with Gasteiger partial charge in [-0.15, -0.1) is 0 Å². The third-order valence-corrected chi connectivity index (χ3v) is 4.53. The van der Waals surface area contributed by atoms with Crippen LogP contribution in [0.1, 0.15) is 29.3 Å². The van der Waals surface area contributed by atoms with Crippen LogP contribution in [0.25, 0.3) is 0 Å². The van der Waals surface area contributed by atoms with E-state index in [1.807, 2.05) is 0 Å². The van der Waals surface area contributed by atoms with E-state index in [1.54, 1.807) is 25.1 Å². The van der Waals surface area contributed by atoms with Gasteiger partial charge >= 0.3 is 5.97 Å². The maximum Gasteiger partial charge on any atom is 0.326 e. The molecule has 0 saturated heterocycles. The van der Waals surface area contributed by atoms with E-state index in [-0.39, 0.29) is 29.2 Å². The van der Waals surface area contributed by atoms with Gasteiger partial charge in [0, 0.05) is 5.56 Å². The Balaban J connectivity index is 1.96. The lowest BCUT2D eigenvalue weighted by atomic mass is 9.88. The minimum Gasteiger partial charge on any atom is -0.508 e. The zero-order valence-corrected chi connectivity index (χ0v) is 15.1. The number of nitrogens with zero attached hydrogens (tertiary/aromatic N) is 1. The average Bonchev–Trinajstić information content (AvgIpc) is 2.86. The Labute approximate surface area is 160 Å². The smallest absolute Gasteiger partial charge is 0.326 e. The molecule has 0 spiro atoms. The van der Waals surface area contributed by atoms with E-state index >= 15 is 0 Å². The monoisotopic (exact) mass is 385 g/mol. The summed E-state index contributed by atoms with van der Waals surface area (Å²) in [5.74, 6) is -2.85. The Morgan fingerprint density at radius 3 is 2.57 bits per heavy atom. The number of anilines is 1. The van der Waals surface area contributed by atoms with E-state index in [1.165, 1.54) is 12.1 Å². The number of amides is 1. The number of hydrogen-bond acceptors (Lipinski definition) is 7. The summed E-state index contributed by atoms with van der Waals surface area (Å²) in [4.78, 5) is 38.6. The highest BCUT2D eigenvalue weighted by molar-refractivity contribution is 6.12. The number of ether oxygens (including phenoxy) is 1. The Kier molecular flexibility index (Phi) is 5.06. The zero-order chi connectivity index (χ0) is 20.5. The van der Waals surface area contributed by atoms with Crippen LogP contribution in [0.3, 0.4) is 0 Å². The molecular weight excluding hydrogens is 366 g/mol. The van der Waals surface area contributed by atoms with E-state index in [0.29, 0.717) is 5.69 Å². The first-order chi connectivity index (χ1) is 13.3. The van der Waals surface area contributed by atoms with Gasteiger partial charge in [0.15, 0.2) is 11.4 Å². The van der Waals surface area contributed by atoms with Crippen LogP contribution in [0.15, 0.2) is 42.5 Å². The number of ketones is 1. The van der Waals surface area contributed by atoms with E-state index in [9.17, 15) is 29.7 Å². The molecule has 2 aromatic carbocycles. The molecular formula is C20H19NO7. The molecule has 1 aliphatic heterocycles. The molecule has 1 amide bonds. The molecule has 3 N–H and O–H groups in total. The number of esters is 1. The molecule has 0 saturated carbocycles. The third kappa shape index (κ3) is 3.29. The maximum atomic E-state index is 12.9. The Hall–Kier alpha value is -3.39. The highest BCUT2D eigenvalue weighted by atomic mass is 16.5. The van der Waals surface area contributed by atoms with Crippen LogP contribution in [0.2, 0.25) is 0 Å². The minimum absolute atomic E-state index is 0.141. The van der Waals surface area contributed by atoms with E-state index in [2.05, 4.69) is 0 Å². The number of benzene rings is 2. The molecule has 0 bridgehead atoms. The number of phenolic OH excluding ortho intramolecular Hbond substituents is 2. The molecule has 1 atom stereocenters. The normalized spacial score (nSPS) is 18.1. The van der Waals surface area contributed by atoms with Crippen molar-refractivity contribution in [3.63, 3.8) is 0 Å². The number of Topliss-reactive ketones (excluding diaryl/α,β-unsaturated/α-hetero) is 1. The highest BCUT2D eigenvalue weighted by Gasteiger charge is 2.51. The lowest BCUT2D eigenvalue weighted by Crippen LogP contribution is -2.44. The van der Waals surface area contributed by atoms with Gasteiger partial charge in [-0.3, -0.25) is 19.3 Å². The van der Waals surface area contributed by atoms with Crippen molar-refractivity contribution in [2.75, 3.05) is 18.1 Å². The van der Waals surface area contributed by atoms with Gasteiger partial charge in [0.25, 0.3) is 5.91 Å². The van der Waals surface area contributed by atoms with Crippen LogP contribution in [0.5, 0.6) is 11.5 Å².